The molecule has 0 aromatic rings. The second-order valence-electron chi connectivity index (χ2n) is 1.90. The molecule has 0 saturated heterocycles. The third-order valence-electron chi connectivity index (χ3n) is 1.23. The Balaban J connectivity index is 3.62. The van der Waals surface area contributed by atoms with Crippen LogP contribution in [0.25, 0.3) is 0 Å². The van der Waals surface area contributed by atoms with E-state index >= 15 is 0 Å². The van der Waals surface area contributed by atoms with Crippen molar-refractivity contribution in [3.8, 4) is 6.07 Å². The standard InChI is InChI=1S/C6H11NOS/c1-3-6(2)9(8)5-4-7/h6H,3,5H2,1-2H3. The second kappa shape index (κ2) is 4.51. The molecule has 0 spiro atoms. The van der Waals surface area contributed by atoms with E-state index in [9.17, 15) is 4.21 Å². The zero-order valence-electron chi connectivity index (χ0n) is 5.76. The molecule has 0 aromatic carbocycles. The molecule has 0 radical (unpaired) electrons. The highest BCUT2D eigenvalue weighted by molar-refractivity contribution is 7.85. The summed E-state index contributed by atoms with van der Waals surface area (Å²) in [6, 6.07) is 1.88. The molecule has 0 aliphatic rings. The van der Waals surface area contributed by atoms with Gasteiger partial charge in [0, 0.05) is 16.0 Å². The Hall–Kier alpha value is -0.360. The van der Waals surface area contributed by atoms with E-state index in [2.05, 4.69) is 0 Å². The van der Waals surface area contributed by atoms with Crippen LogP contribution in [0.3, 0.4) is 0 Å². The van der Waals surface area contributed by atoms with Crippen LogP contribution in [-0.4, -0.2) is 15.2 Å². The van der Waals surface area contributed by atoms with Crippen molar-refractivity contribution in [2.24, 2.45) is 0 Å². The first kappa shape index (κ1) is 8.64. The van der Waals surface area contributed by atoms with E-state index in [4.69, 9.17) is 5.26 Å². The van der Waals surface area contributed by atoms with Gasteiger partial charge in [0.05, 0.1) is 6.07 Å². The van der Waals surface area contributed by atoms with E-state index in [0.717, 1.165) is 6.42 Å². The molecular formula is C6H11NOS. The Kier molecular flexibility index (Phi) is 4.33. The molecule has 0 heterocycles. The summed E-state index contributed by atoms with van der Waals surface area (Å²) in [6.07, 6.45) is 0.883. The fourth-order valence-corrected chi connectivity index (χ4v) is 1.18. The summed E-state index contributed by atoms with van der Waals surface area (Å²) < 4.78 is 10.9. The molecule has 2 nitrogen and oxygen atoms in total. The largest absolute Gasteiger partial charge is 0.258 e. The molecule has 0 rings (SSSR count). The van der Waals surface area contributed by atoms with Crippen molar-refractivity contribution in [1.82, 2.24) is 0 Å². The van der Waals surface area contributed by atoms with Crippen LogP contribution in [0.4, 0.5) is 0 Å². The van der Waals surface area contributed by atoms with E-state index in [-0.39, 0.29) is 11.0 Å². The first-order valence-electron chi connectivity index (χ1n) is 2.96. The lowest BCUT2D eigenvalue weighted by molar-refractivity contribution is 0.673. The van der Waals surface area contributed by atoms with Gasteiger partial charge < -0.3 is 0 Å². The van der Waals surface area contributed by atoms with E-state index in [0.29, 0.717) is 0 Å². The average molecular weight is 145 g/mol. The molecule has 9 heavy (non-hydrogen) atoms. The average Bonchev–Trinajstić information content (AvgIpc) is 1.87. The lowest BCUT2D eigenvalue weighted by Gasteiger charge is -2.02. The predicted molar refractivity (Wildman–Crippen MR) is 38.4 cm³/mol. The summed E-state index contributed by atoms with van der Waals surface area (Å²) in [5.74, 6) is 0.176. The van der Waals surface area contributed by atoms with Crippen molar-refractivity contribution >= 4 is 10.8 Å². The quantitative estimate of drug-likeness (QED) is 0.595. The first-order chi connectivity index (χ1) is 4.22. The van der Waals surface area contributed by atoms with Crippen LogP contribution in [0.2, 0.25) is 0 Å². The molecule has 0 bridgehead atoms. The van der Waals surface area contributed by atoms with Crippen LogP contribution < -0.4 is 0 Å². The zero-order chi connectivity index (χ0) is 7.28. The molecule has 0 aliphatic carbocycles. The highest BCUT2D eigenvalue weighted by Crippen LogP contribution is 1.98. The lowest BCUT2D eigenvalue weighted by atomic mass is 10.4. The van der Waals surface area contributed by atoms with Crippen LogP contribution in [0.5, 0.6) is 0 Å². The monoisotopic (exact) mass is 145 g/mol. The van der Waals surface area contributed by atoms with Gasteiger partial charge in [-0.3, -0.25) is 4.21 Å². The van der Waals surface area contributed by atoms with E-state index in [1.54, 1.807) is 0 Å². The fourth-order valence-electron chi connectivity index (χ4n) is 0.392. The maximum absolute atomic E-state index is 10.9. The van der Waals surface area contributed by atoms with Crippen LogP contribution >= 0.6 is 0 Å². The fraction of sp³-hybridized carbons (Fsp3) is 0.833. The van der Waals surface area contributed by atoms with E-state index in [1.807, 2.05) is 19.9 Å². The minimum Gasteiger partial charge on any atom is -0.258 e. The van der Waals surface area contributed by atoms with Crippen molar-refractivity contribution in [2.45, 2.75) is 25.5 Å². The zero-order valence-corrected chi connectivity index (χ0v) is 6.57. The van der Waals surface area contributed by atoms with Crippen LogP contribution in [0.15, 0.2) is 0 Å². The third-order valence-corrected chi connectivity index (χ3v) is 2.88. The smallest absolute Gasteiger partial charge is 0.111 e. The molecule has 52 valence electrons. The van der Waals surface area contributed by atoms with Gasteiger partial charge in [-0.25, -0.2) is 0 Å². The number of nitrogens with zero attached hydrogens (tertiary/aromatic N) is 1. The molecule has 0 aromatic heterocycles. The third kappa shape index (κ3) is 3.26. The lowest BCUT2D eigenvalue weighted by Crippen LogP contribution is -2.11. The van der Waals surface area contributed by atoms with Gasteiger partial charge >= 0.3 is 0 Å². The van der Waals surface area contributed by atoms with Crippen LogP contribution in [0, 0.1) is 11.3 Å². The van der Waals surface area contributed by atoms with Crippen molar-refractivity contribution < 1.29 is 4.21 Å². The van der Waals surface area contributed by atoms with Crippen LogP contribution in [0.1, 0.15) is 20.3 Å². The molecule has 0 amide bonds. The Morgan fingerprint density at radius 1 is 1.78 bits per heavy atom. The number of nitriles is 1. The van der Waals surface area contributed by atoms with Crippen molar-refractivity contribution in [3.63, 3.8) is 0 Å². The van der Waals surface area contributed by atoms with E-state index in [1.165, 1.54) is 0 Å². The SMILES string of the molecule is CCC(C)S(=O)CC#N. The summed E-state index contributed by atoms with van der Waals surface area (Å²) in [4.78, 5) is 0. The molecule has 0 N–H and O–H groups in total. The molecule has 0 aliphatic heterocycles. The van der Waals surface area contributed by atoms with E-state index < -0.39 is 10.8 Å². The Morgan fingerprint density at radius 2 is 2.33 bits per heavy atom. The minimum atomic E-state index is -0.926. The molecular weight excluding hydrogens is 134 g/mol. The van der Waals surface area contributed by atoms with Crippen molar-refractivity contribution in [1.29, 1.82) is 5.26 Å². The molecule has 2 atom stereocenters. The summed E-state index contributed by atoms with van der Waals surface area (Å²) in [5.41, 5.74) is 0. The van der Waals surface area contributed by atoms with Gasteiger partial charge in [0.15, 0.2) is 0 Å². The summed E-state index contributed by atoms with van der Waals surface area (Å²) in [7, 11) is -0.926. The molecule has 0 fully saturated rings. The summed E-state index contributed by atoms with van der Waals surface area (Å²) in [6.45, 7) is 3.87. The Bertz CT molecular complexity index is 138. The number of hydrogen-bond acceptors (Lipinski definition) is 2. The number of rotatable bonds is 3. The second-order valence-corrected chi connectivity index (χ2v) is 3.76. The highest BCUT2D eigenvalue weighted by Gasteiger charge is 2.06. The molecule has 2 unspecified atom stereocenters. The van der Waals surface area contributed by atoms with Gasteiger partial charge in [-0.1, -0.05) is 13.8 Å². The topological polar surface area (TPSA) is 40.9 Å². The number of hydrogen-bond donors (Lipinski definition) is 0. The molecule has 3 heteroatoms. The maximum atomic E-state index is 10.9. The maximum Gasteiger partial charge on any atom is 0.111 e. The van der Waals surface area contributed by atoms with Gasteiger partial charge in [0.25, 0.3) is 0 Å². The summed E-state index contributed by atoms with van der Waals surface area (Å²) >= 11 is 0. The summed E-state index contributed by atoms with van der Waals surface area (Å²) in [5, 5.41) is 8.31. The normalized spacial score (nSPS) is 16.1. The highest BCUT2D eigenvalue weighted by atomic mass is 32.2. The van der Waals surface area contributed by atoms with Crippen LogP contribution in [-0.2, 0) is 10.8 Å². The van der Waals surface area contributed by atoms with Crippen molar-refractivity contribution in [3.05, 3.63) is 0 Å². The van der Waals surface area contributed by atoms with Gasteiger partial charge in [-0.2, -0.15) is 5.26 Å². The molecule has 0 saturated carbocycles. The van der Waals surface area contributed by atoms with Crippen molar-refractivity contribution in [2.75, 3.05) is 5.75 Å². The first-order valence-corrected chi connectivity index (χ1v) is 4.34. The van der Waals surface area contributed by atoms with Gasteiger partial charge in [0.1, 0.15) is 5.75 Å². The van der Waals surface area contributed by atoms with Gasteiger partial charge in [-0.05, 0) is 6.42 Å². The minimum absolute atomic E-state index is 0.171. The van der Waals surface area contributed by atoms with Gasteiger partial charge in [-0.15, -0.1) is 0 Å². The van der Waals surface area contributed by atoms with Gasteiger partial charge in [0.2, 0.25) is 0 Å². The Morgan fingerprint density at radius 3 is 2.67 bits per heavy atom. The Labute approximate surface area is 58.3 Å². The predicted octanol–water partition coefficient (Wildman–Crippen LogP) is 1.06.